The van der Waals surface area contributed by atoms with Crippen molar-refractivity contribution in [1.29, 1.82) is 0 Å². The molecule has 1 rings (SSSR count). The molecule has 0 aliphatic rings. The van der Waals surface area contributed by atoms with Crippen LogP contribution in [0.25, 0.3) is 0 Å². The van der Waals surface area contributed by atoms with Gasteiger partial charge < -0.3 is 4.74 Å². The van der Waals surface area contributed by atoms with Crippen molar-refractivity contribution in [3.63, 3.8) is 0 Å². The van der Waals surface area contributed by atoms with Crippen molar-refractivity contribution < 1.29 is 18.3 Å². The highest BCUT2D eigenvalue weighted by Crippen LogP contribution is 2.23. The predicted molar refractivity (Wildman–Crippen MR) is 67.0 cm³/mol. The zero-order valence-corrected chi connectivity index (χ0v) is 11.6. The summed E-state index contributed by atoms with van der Waals surface area (Å²) in [7, 11) is 0. The van der Waals surface area contributed by atoms with Gasteiger partial charge in [0.25, 0.3) is 6.43 Å². The fraction of sp³-hybridized carbons (Fsp3) is 0.455. The molecule has 0 atom stereocenters. The van der Waals surface area contributed by atoms with Crippen LogP contribution in [0.4, 0.5) is 8.78 Å². The van der Waals surface area contributed by atoms with Crippen molar-refractivity contribution in [3.8, 4) is 0 Å². The van der Waals surface area contributed by atoms with E-state index >= 15 is 0 Å². The summed E-state index contributed by atoms with van der Waals surface area (Å²) in [5, 5.41) is 0. The van der Waals surface area contributed by atoms with Crippen molar-refractivity contribution in [2.45, 2.75) is 26.7 Å². The molecule has 0 aromatic carbocycles. The van der Waals surface area contributed by atoms with Gasteiger partial charge in [-0.25, -0.2) is 13.8 Å². The molecule has 0 aliphatic heterocycles. The summed E-state index contributed by atoms with van der Waals surface area (Å²) in [5.74, 6) is -0.419. The van der Waals surface area contributed by atoms with Gasteiger partial charge in [0.1, 0.15) is 9.39 Å². The van der Waals surface area contributed by atoms with Crippen LogP contribution in [0.2, 0.25) is 0 Å². The van der Waals surface area contributed by atoms with E-state index in [1.165, 1.54) is 6.07 Å². The third-order valence-electron chi connectivity index (χ3n) is 2.20. The maximum atomic E-state index is 12.6. The molecule has 0 saturated carbocycles. The van der Waals surface area contributed by atoms with Gasteiger partial charge in [0.2, 0.25) is 0 Å². The number of alkyl halides is 2. The minimum absolute atomic E-state index is 0.00207. The van der Waals surface area contributed by atoms with Gasteiger partial charge in [0.15, 0.2) is 0 Å². The first-order chi connectivity index (χ1) is 7.95. The number of carbonyl (C=O) groups excluding carboxylic acids is 1. The molecule has 0 spiro atoms. The summed E-state index contributed by atoms with van der Waals surface area (Å²) in [5.41, 5.74) is 0.973. The Morgan fingerprint density at radius 3 is 2.76 bits per heavy atom. The number of carbonyl (C=O) groups is 1. The Balaban J connectivity index is 3.01. The third-order valence-corrected chi connectivity index (χ3v) is 3.25. The Hall–Kier alpha value is -0.790. The van der Waals surface area contributed by atoms with E-state index < -0.39 is 12.4 Å². The molecule has 0 aliphatic carbocycles. The summed E-state index contributed by atoms with van der Waals surface area (Å²) in [6, 6.07) is 1.26. The van der Waals surface area contributed by atoms with Crippen molar-refractivity contribution in [2.24, 2.45) is 0 Å². The van der Waals surface area contributed by atoms with E-state index in [4.69, 9.17) is 4.74 Å². The van der Waals surface area contributed by atoms with Crippen LogP contribution in [-0.2, 0) is 16.0 Å². The highest BCUT2D eigenvalue weighted by atomic mass is 127. The molecule has 1 heterocycles. The molecule has 94 valence electrons. The second-order valence-electron chi connectivity index (χ2n) is 3.40. The molecule has 0 amide bonds. The number of esters is 1. The van der Waals surface area contributed by atoms with Gasteiger partial charge in [-0.3, -0.25) is 4.79 Å². The molecule has 0 saturated heterocycles. The van der Waals surface area contributed by atoms with Crippen LogP contribution in [0.15, 0.2) is 6.07 Å². The Labute approximate surface area is 112 Å². The third kappa shape index (κ3) is 3.86. The molecule has 0 fully saturated rings. The van der Waals surface area contributed by atoms with Gasteiger partial charge in [-0.05, 0) is 53.6 Å². The van der Waals surface area contributed by atoms with Crippen LogP contribution >= 0.6 is 22.6 Å². The van der Waals surface area contributed by atoms with Crippen molar-refractivity contribution in [2.75, 3.05) is 6.61 Å². The number of hydrogen-bond acceptors (Lipinski definition) is 3. The maximum absolute atomic E-state index is 12.6. The van der Waals surface area contributed by atoms with E-state index in [1.807, 2.05) is 22.6 Å². The largest absolute Gasteiger partial charge is 0.466 e. The minimum atomic E-state index is -2.63. The van der Waals surface area contributed by atoms with E-state index in [9.17, 15) is 13.6 Å². The Kier molecular flexibility index (Phi) is 5.23. The minimum Gasteiger partial charge on any atom is -0.466 e. The lowest BCUT2D eigenvalue weighted by molar-refractivity contribution is -0.142. The highest BCUT2D eigenvalue weighted by Gasteiger charge is 2.16. The van der Waals surface area contributed by atoms with E-state index in [2.05, 4.69) is 4.98 Å². The van der Waals surface area contributed by atoms with E-state index in [0.29, 0.717) is 9.26 Å². The van der Waals surface area contributed by atoms with Crippen LogP contribution in [0.5, 0.6) is 0 Å². The molecule has 17 heavy (non-hydrogen) atoms. The quantitative estimate of drug-likeness (QED) is 0.474. The Bertz CT molecular complexity index is 424. The van der Waals surface area contributed by atoms with Gasteiger partial charge in [0.05, 0.1) is 13.0 Å². The molecule has 0 N–H and O–H groups in total. The van der Waals surface area contributed by atoms with Crippen LogP contribution < -0.4 is 0 Å². The maximum Gasteiger partial charge on any atom is 0.310 e. The number of hydrogen-bond donors (Lipinski definition) is 0. The van der Waals surface area contributed by atoms with Crippen molar-refractivity contribution in [1.82, 2.24) is 4.98 Å². The average Bonchev–Trinajstić information content (AvgIpc) is 2.24. The molecule has 0 bridgehead atoms. The number of aromatic nitrogens is 1. The van der Waals surface area contributed by atoms with Gasteiger partial charge in [-0.1, -0.05) is 0 Å². The normalized spacial score (nSPS) is 10.7. The summed E-state index contributed by atoms with van der Waals surface area (Å²) >= 11 is 1.88. The average molecular weight is 355 g/mol. The van der Waals surface area contributed by atoms with Crippen LogP contribution in [0.1, 0.15) is 30.2 Å². The highest BCUT2D eigenvalue weighted by molar-refractivity contribution is 14.1. The first-order valence-electron chi connectivity index (χ1n) is 5.05. The monoisotopic (exact) mass is 355 g/mol. The predicted octanol–water partition coefficient (Wildman–Crippen LogP) is 3.04. The van der Waals surface area contributed by atoms with E-state index in [0.717, 1.165) is 5.56 Å². The number of halogens is 3. The van der Waals surface area contributed by atoms with Crippen LogP contribution in [0, 0.1) is 10.6 Å². The molecule has 6 heteroatoms. The molecule has 3 nitrogen and oxygen atoms in total. The summed E-state index contributed by atoms with van der Waals surface area (Å²) in [6.45, 7) is 3.73. The number of rotatable bonds is 4. The summed E-state index contributed by atoms with van der Waals surface area (Å²) in [6.07, 6.45) is -2.64. The molecule has 0 unspecified atom stereocenters. The number of nitrogens with zero attached hydrogens (tertiary/aromatic N) is 1. The fourth-order valence-electron chi connectivity index (χ4n) is 1.31. The lowest BCUT2D eigenvalue weighted by atomic mass is 10.1. The SMILES string of the molecule is CCOC(=O)Cc1cc(C(F)F)nc(I)c1C. The van der Waals surface area contributed by atoms with E-state index in [-0.39, 0.29) is 18.7 Å². The van der Waals surface area contributed by atoms with Gasteiger partial charge in [-0.15, -0.1) is 0 Å². The summed E-state index contributed by atoms with van der Waals surface area (Å²) < 4.78 is 30.4. The zero-order valence-electron chi connectivity index (χ0n) is 9.47. The van der Waals surface area contributed by atoms with Crippen LogP contribution in [0.3, 0.4) is 0 Å². The van der Waals surface area contributed by atoms with Crippen molar-refractivity contribution >= 4 is 28.6 Å². The Morgan fingerprint density at radius 2 is 2.24 bits per heavy atom. The standard InChI is InChI=1S/C11H12F2INO2/c1-3-17-9(16)5-7-4-8(10(12)13)15-11(14)6(7)2/h4,10H,3,5H2,1-2H3. The van der Waals surface area contributed by atoms with E-state index in [1.54, 1.807) is 13.8 Å². The topological polar surface area (TPSA) is 39.2 Å². The van der Waals surface area contributed by atoms with Crippen molar-refractivity contribution in [3.05, 3.63) is 26.6 Å². The summed E-state index contributed by atoms with van der Waals surface area (Å²) in [4.78, 5) is 15.1. The van der Waals surface area contributed by atoms with Gasteiger partial charge >= 0.3 is 5.97 Å². The zero-order chi connectivity index (χ0) is 13.0. The second kappa shape index (κ2) is 6.23. The lowest BCUT2D eigenvalue weighted by Gasteiger charge is -2.09. The van der Waals surface area contributed by atoms with Gasteiger partial charge in [0, 0.05) is 0 Å². The number of ether oxygens (including phenoxy) is 1. The first-order valence-corrected chi connectivity index (χ1v) is 6.13. The molecule has 1 aromatic heterocycles. The lowest BCUT2D eigenvalue weighted by Crippen LogP contribution is -2.10. The molecular formula is C11H12F2INO2. The fourth-order valence-corrected chi connectivity index (χ4v) is 1.94. The first kappa shape index (κ1) is 14.3. The molecular weight excluding hydrogens is 343 g/mol. The smallest absolute Gasteiger partial charge is 0.310 e. The Morgan fingerprint density at radius 1 is 1.59 bits per heavy atom. The second-order valence-corrected chi connectivity index (χ2v) is 4.43. The van der Waals surface area contributed by atoms with Crippen LogP contribution in [-0.4, -0.2) is 17.6 Å². The molecule has 0 radical (unpaired) electrons. The van der Waals surface area contributed by atoms with Gasteiger partial charge in [-0.2, -0.15) is 0 Å². The molecule has 1 aromatic rings. The number of pyridine rings is 1.